The van der Waals surface area contributed by atoms with Crippen LogP contribution < -0.4 is 10.3 Å². The molecule has 2 heterocycles. The molecule has 4 rings (SSSR count). The van der Waals surface area contributed by atoms with Crippen LogP contribution in [-0.4, -0.2) is 21.6 Å². The SMILES string of the molecule is COc1cccc2c1ccc(=O)n2-c1nc2ccc(C)cc2[nH]1. The fourth-order valence-electron chi connectivity index (χ4n) is 2.86. The first-order valence-corrected chi connectivity index (χ1v) is 7.33. The number of hydrogen-bond acceptors (Lipinski definition) is 3. The molecule has 0 atom stereocenters. The van der Waals surface area contributed by atoms with Gasteiger partial charge in [-0.1, -0.05) is 12.1 Å². The number of aryl methyl sites for hydroxylation is 1. The van der Waals surface area contributed by atoms with E-state index in [0.717, 1.165) is 33.2 Å². The molecule has 0 saturated carbocycles. The molecule has 0 unspecified atom stereocenters. The lowest BCUT2D eigenvalue weighted by Crippen LogP contribution is -2.18. The summed E-state index contributed by atoms with van der Waals surface area (Å²) in [5.41, 5.74) is 3.50. The number of nitrogens with zero attached hydrogens (tertiary/aromatic N) is 2. The molecule has 0 radical (unpaired) electrons. The normalized spacial score (nSPS) is 11.2. The second-order valence-corrected chi connectivity index (χ2v) is 5.48. The summed E-state index contributed by atoms with van der Waals surface area (Å²) in [4.78, 5) is 20.2. The van der Waals surface area contributed by atoms with Crippen LogP contribution in [0.2, 0.25) is 0 Å². The van der Waals surface area contributed by atoms with Crippen LogP contribution in [0.4, 0.5) is 0 Å². The summed E-state index contributed by atoms with van der Waals surface area (Å²) in [5.74, 6) is 1.23. The van der Waals surface area contributed by atoms with Gasteiger partial charge in [0.1, 0.15) is 5.75 Å². The van der Waals surface area contributed by atoms with Gasteiger partial charge in [-0.2, -0.15) is 0 Å². The van der Waals surface area contributed by atoms with Crippen LogP contribution in [0.1, 0.15) is 5.56 Å². The lowest BCUT2D eigenvalue weighted by molar-refractivity contribution is 0.419. The molecule has 2 aromatic carbocycles. The molecule has 0 fully saturated rings. The highest BCUT2D eigenvalue weighted by atomic mass is 16.5. The van der Waals surface area contributed by atoms with Crippen molar-refractivity contribution in [1.29, 1.82) is 0 Å². The molecule has 4 aromatic rings. The second kappa shape index (κ2) is 4.98. The lowest BCUT2D eigenvalue weighted by Gasteiger charge is -2.09. The van der Waals surface area contributed by atoms with E-state index in [2.05, 4.69) is 9.97 Å². The summed E-state index contributed by atoms with van der Waals surface area (Å²) in [6.45, 7) is 2.02. The average Bonchev–Trinajstić information content (AvgIpc) is 2.96. The van der Waals surface area contributed by atoms with Gasteiger partial charge in [-0.3, -0.25) is 4.79 Å². The number of methoxy groups -OCH3 is 1. The Kier molecular flexibility index (Phi) is 2.94. The van der Waals surface area contributed by atoms with Crippen LogP contribution in [0.5, 0.6) is 5.75 Å². The molecule has 0 bridgehead atoms. The van der Waals surface area contributed by atoms with E-state index in [1.54, 1.807) is 17.7 Å². The Balaban J connectivity index is 2.07. The van der Waals surface area contributed by atoms with Crippen molar-refractivity contribution in [3.05, 3.63) is 64.4 Å². The number of ether oxygens (including phenoxy) is 1. The Labute approximate surface area is 132 Å². The fourth-order valence-corrected chi connectivity index (χ4v) is 2.86. The fraction of sp³-hybridized carbons (Fsp3) is 0.111. The first kappa shape index (κ1) is 13.6. The van der Waals surface area contributed by atoms with Crippen LogP contribution in [0.25, 0.3) is 27.9 Å². The average molecular weight is 305 g/mol. The highest BCUT2D eigenvalue weighted by molar-refractivity contribution is 5.87. The zero-order chi connectivity index (χ0) is 16.0. The molecule has 0 amide bonds. The topological polar surface area (TPSA) is 59.9 Å². The summed E-state index contributed by atoms with van der Waals surface area (Å²) in [6.07, 6.45) is 0. The second-order valence-electron chi connectivity index (χ2n) is 5.48. The van der Waals surface area contributed by atoms with Crippen LogP contribution in [-0.2, 0) is 0 Å². The Morgan fingerprint density at radius 2 is 2.00 bits per heavy atom. The maximum Gasteiger partial charge on any atom is 0.257 e. The first-order chi connectivity index (χ1) is 11.2. The van der Waals surface area contributed by atoms with Crippen molar-refractivity contribution in [3.8, 4) is 11.7 Å². The molecular weight excluding hydrogens is 290 g/mol. The van der Waals surface area contributed by atoms with Crippen molar-refractivity contribution < 1.29 is 4.74 Å². The van der Waals surface area contributed by atoms with Gasteiger partial charge in [0, 0.05) is 11.5 Å². The predicted octanol–water partition coefficient (Wildman–Crippen LogP) is 3.18. The summed E-state index contributed by atoms with van der Waals surface area (Å²) < 4.78 is 6.96. The maximum atomic E-state index is 12.4. The number of aromatic amines is 1. The minimum Gasteiger partial charge on any atom is -0.496 e. The van der Waals surface area contributed by atoms with Crippen LogP contribution >= 0.6 is 0 Å². The van der Waals surface area contributed by atoms with Crippen molar-refractivity contribution in [2.75, 3.05) is 7.11 Å². The van der Waals surface area contributed by atoms with E-state index in [1.807, 2.05) is 43.3 Å². The van der Waals surface area contributed by atoms with Crippen LogP contribution in [0, 0.1) is 6.92 Å². The maximum absolute atomic E-state index is 12.4. The molecular formula is C18H15N3O2. The van der Waals surface area contributed by atoms with Gasteiger partial charge < -0.3 is 9.72 Å². The summed E-state index contributed by atoms with van der Waals surface area (Å²) in [5, 5.41) is 0.867. The van der Waals surface area contributed by atoms with Gasteiger partial charge in [0.15, 0.2) is 0 Å². The number of benzene rings is 2. The van der Waals surface area contributed by atoms with Crippen molar-refractivity contribution in [2.24, 2.45) is 0 Å². The van der Waals surface area contributed by atoms with Gasteiger partial charge in [0.2, 0.25) is 5.95 Å². The highest BCUT2D eigenvalue weighted by Gasteiger charge is 2.12. The molecule has 1 N–H and O–H groups in total. The highest BCUT2D eigenvalue weighted by Crippen LogP contribution is 2.25. The van der Waals surface area contributed by atoms with Crippen molar-refractivity contribution in [2.45, 2.75) is 6.92 Å². The third kappa shape index (κ3) is 2.09. The minimum atomic E-state index is -0.137. The van der Waals surface area contributed by atoms with Crippen molar-refractivity contribution in [3.63, 3.8) is 0 Å². The molecule has 5 nitrogen and oxygen atoms in total. The lowest BCUT2D eigenvalue weighted by atomic mass is 10.2. The number of nitrogens with one attached hydrogen (secondary N) is 1. The quantitative estimate of drug-likeness (QED) is 0.619. The van der Waals surface area contributed by atoms with Crippen LogP contribution in [0.15, 0.2) is 53.3 Å². The van der Waals surface area contributed by atoms with Gasteiger partial charge >= 0.3 is 0 Å². The standard InChI is InChI=1S/C18H15N3O2/c1-11-6-8-13-14(10-11)20-18(19-13)21-15-4-3-5-16(23-2)12(15)7-9-17(21)22/h3-10H,1-2H3,(H,19,20). The van der Waals surface area contributed by atoms with Gasteiger partial charge in [-0.15, -0.1) is 0 Å². The number of imidazole rings is 1. The first-order valence-electron chi connectivity index (χ1n) is 7.33. The third-order valence-electron chi connectivity index (χ3n) is 3.95. The van der Waals surface area contributed by atoms with Crippen molar-refractivity contribution >= 4 is 21.9 Å². The van der Waals surface area contributed by atoms with E-state index >= 15 is 0 Å². The molecule has 114 valence electrons. The molecule has 0 aliphatic heterocycles. The Bertz CT molecular complexity index is 1090. The molecule has 0 saturated heterocycles. The van der Waals surface area contributed by atoms with Gasteiger partial charge in [0.25, 0.3) is 5.56 Å². The van der Waals surface area contributed by atoms with E-state index in [9.17, 15) is 4.79 Å². The van der Waals surface area contributed by atoms with E-state index in [0.29, 0.717) is 5.95 Å². The smallest absolute Gasteiger partial charge is 0.257 e. The Morgan fingerprint density at radius 1 is 1.13 bits per heavy atom. The number of rotatable bonds is 2. The number of fused-ring (bicyclic) bond motifs is 2. The minimum absolute atomic E-state index is 0.137. The van der Waals surface area contributed by atoms with Gasteiger partial charge in [0.05, 0.1) is 23.7 Å². The number of aromatic nitrogens is 3. The molecule has 0 aliphatic carbocycles. The molecule has 2 aromatic heterocycles. The largest absolute Gasteiger partial charge is 0.496 e. The summed E-state index contributed by atoms with van der Waals surface area (Å²) >= 11 is 0. The Hall–Kier alpha value is -3.08. The van der Waals surface area contributed by atoms with Gasteiger partial charge in [-0.25, -0.2) is 9.55 Å². The summed E-state index contributed by atoms with van der Waals surface area (Å²) in [6, 6.07) is 14.9. The van der Waals surface area contributed by atoms with E-state index in [4.69, 9.17) is 4.74 Å². The molecule has 0 spiro atoms. The monoisotopic (exact) mass is 305 g/mol. The molecule has 0 aliphatic rings. The number of hydrogen-bond donors (Lipinski definition) is 1. The van der Waals surface area contributed by atoms with Gasteiger partial charge in [-0.05, 0) is 42.8 Å². The summed E-state index contributed by atoms with van der Waals surface area (Å²) in [7, 11) is 1.62. The predicted molar refractivity (Wildman–Crippen MR) is 90.5 cm³/mol. The molecule has 23 heavy (non-hydrogen) atoms. The number of H-pyrrole nitrogens is 1. The zero-order valence-electron chi connectivity index (χ0n) is 12.8. The van der Waals surface area contributed by atoms with Crippen LogP contribution in [0.3, 0.4) is 0 Å². The van der Waals surface area contributed by atoms with E-state index in [1.165, 1.54) is 6.07 Å². The van der Waals surface area contributed by atoms with Crippen molar-refractivity contribution in [1.82, 2.24) is 14.5 Å². The van der Waals surface area contributed by atoms with E-state index < -0.39 is 0 Å². The van der Waals surface area contributed by atoms with E-state index in [-0.39, 0.29) is 5.56 Å². The molecule has 5 heteroatoms. The number of pyridine rings is 1. The zero-order valence-corrected chi connectivity index (χ0v) is 12.8. The Morgan fingerprint density at radius 3 is 2.83 bits per heavy atom. The third-order valence-corrected chi connectivity index (χ3v) is 3.95.